The molecule has 7 nitrogen and oxygen atoms in total. The van der Waals surface area contributed by atoms with E-state index in [1.165, 1.54) is 28.6 Å². The van der Waals surface area contributed by atoms with Crippen LogP contribution in [0.2, 0.25) is 0 Å². The highest BCUT2D eigenvalue weighted by molar-refractivity contribution is 7.89. The van der Waals surface area contributed by atoms with Gasteiger partial charge in [-0.1, -0.05) is 0 Å². The van der Waals surface area contributed by atoms with Crippen LogP contribution >= 0.6 is 0 Å². The largest absolute Gasteiger partial charge is 0.391 e. The molecule has 0 aliphatic carbocycles. The van der Waals surface area contributed by atoms with Gasteiger partial charge in [0.05, 0.1) is 11.0 Å². The molecule has 0 bridgehead atoms. The van der Waals surface area contributed by atoms with Gasteiger partial charge in [0.25, 0.3) is 5.91 Å². The molecular weight excluding hydrogens is 330 g/mol. The minimum absolute atomic E-state index is 0.00349. The van der Waals surface area contributed by atoms with Crippen molar-refractivity contribution in [3.8, 4) is 0 Å². The van der Waals surface area contributed by atoms with Crippen LogP contribution in [-0.2, 0) is 10.0 Å². The number of sulfonamides is 1. The molecule has 2 aliphatic rings. The van der Waals surface area contributed by atoms with Gasteiger partial charge in [0.15, 0.2) is 0 Å². The van der Waals surface area contributed by atoms with E-state index in [-0.39, 0.29) is 16.7 Å². The van der Waals surface area contributed by atoms with Gasteiger partial charge in [0.2, 0.25) is 10.0 Å². The Morgan fingerprint density at radius 3 is 2.46 bits per heavy atom. The van der Waals surface area contributed by atoms with E-state index in [9.17, 15) is 18.3 Å². The maximum absolute atomic E-state index is 12.4. The predicted octanol–water partition coefficient (Wildman–Crippen LogP) is -0.219. The first-order chi connectivity index (χ1) is 11.5. The topological polar surface area (TPSA) is 98.7 Å². The summed E-state index contributed by atoms with van der Waals surface area (Å²) in [5.41, 5.74) is 0.413. The SMILES string of the molecule is O=C(NCC1CNCC1O)c1ccc(S(=O)(=O)N2CCCC2)cc1. The van der Waals surface area contributed by atoms with E-state index in [1.54, 1.807) is 0 Å². The molecule has 0 aromatic heterocycles. The first-order valence-electron chi connectivity index (χ1n) is 8.25. The van der Waals surface area contributed by atoms with Crippen molar-refractivity contribution >= 4 is 15.9 Å². The molecule has 8 heteroatoms. The molecule has 132 valence electrons. The number of rotatable bonds is 5. The molecule has 1 aromatic carbocycles. The Balaban J connectivity index is 1.62. The molecule has 3 rings (SSSR count). The van der Waals surface area contributed by atoms with Gasteiger partial charge in [-0.2, -0.15) is 4.31 Å². The summed E-state index contributed by atoms with van der Waals surface area (Å²) in [4.78, 5) is 12.4. The van der Waals surface area contributed by atoms with Gasteiger partial charge in [-0.25, -0.2) is 8.42 Å². The number of nitrogens with zero attached hydrogens (tertiary/aromatic N) is 1. The van der Waals surface area contributed by atoms with Crippen molar-refractivity contribution in [1.82, 2.24) is 14.9 Å². The van der Waals surface area contributed by atoms with Crippen molar-refractivity contribution in [1.29, 1.82) is 0 Å². The lowest BCUT2D eigenvalue weighted by Gasteiger charge is -2.16. The highest BCUT2D eigenvalue weighted by Gasteiger charge is 2.27. The maximum atomic E-state index is 12.4. The van der Waals surface area contributed by atoms with Crippen LogP contribution in [0.3, 0.4) is 0 Å². The van der Waals surface area contributed by atoms with Crippen LogP contribution in [-0.4, -0.2) is 62.6 Å². The van der Waals surface area contributed by atoms with E-state index in [2.05, 4.69) is 10.6 Å². The number of carbonyl (C=O) groups is 1. The van der Waals surface area contributed by atoms with Crippen molar-refractivity contribution in [3.05, 3.63) is 29.8 Å². The molecule has 1 amide bonds. The Labute approximate surface area is 142 Å². The van der Waals surface area contributed by atoms with Crippen LogP contribution in [0, 0.1) is 5.92 Å². The van der Waals surface area contributed by atoms with Gasteiger partial charge < -0.3 is 15.7 Å². The second-order valence-electron chi connectivity index (χ2n) is 6.33. The van der Waals surface area contributed by atoms with Crippen LogP contribution in [0.25, 0.3) is 0 Å². The molecular formula is C16H23N3O4S. The zero-order chi connectivity index (χ0) is 17.2. The summed E-state index contributed by atoms with van der Waals surface area (Å²) in [5.74, 6) is -0.261. The summed E-state index contributed by atoms with van der Waals surface area (Å²) < 4.78 is 26.4. The van der Waals surface area contributed by atoms with Crippen LogP contribution in [0.15, 0.2) is 29.2 Å². The minimum Gasteiger partial charge on any atom is -0.391 e. The first-order valence-corrected chi connectivity index (χ1v) is 9.69. The zero-order valence-electron chi connectivity index (χ0n) is 13.4. The van der Waals surface area contributed by atoms with Gasteiger partial charge in [-0.3, -0.25) is 4.79 Å². The van der Waals surface area contributed by atoms with Gasteiger partial charge in [0, 0.05) is 44.2 Å². The molecule has 2 fully saturated rings. The van der Waals surface area contributed by atoms with Gasteiger partial charge >= 0.3 is 0 Å². The number of aliphatic hydroxyl groups is 1. The quantitative estimate of drug-likeness (QED) is 0.680. The molecule has 1 aromatic rings. The summed E-state index contributed by atoms with van der Waals surface area (Å²) in [6.07, 6.45) is 1.33. The summed E-state index contributed by atoms with van der Waals surface area (Å²) in [7, 11) is -3.45. The molecule has 3 N–H and O–H groups in total. The highest BCUT2D eigenvalue weighted by Crippen LogP contribution is 2.21. The Bertz CT molecular complexity index is 684. The molecule has 0 saturated carbocycles. The molecule has 2 saturated heterocycles. The summed E-state index contributed by atoms with van der Waals surface area (Å²) >= 11 is 0. The molecule has 2 aliphatic heterocycles. The third-order valence-electron chi connectivity index (χ3n) is 4.65. The van der Waals surface area contributed by atoms with Crippen LogP contribution < -0.4 is 10.6 Å². The average molecular weight is 353 g/mol. The fourth-order valence-electron chi connectivity index (χ4n) is 3.11. The number of nitrogens with one attached hydrogen (secondary N) is 2. The Morgan fingerprint density at radius 1 is 1.21 bits per heavy atom. The van der Waals surface area contributed by atoms with E-state index in [1.807, 2.05) is 0 Å². The van der Waals surface area contributed by atoms with E-state index in [0.29, 0.717) is 38.3 Å². The van der Waals surface area contributed by atoms with Gasteiger partial charge in [-0.05, 0) is 37.1 Å². The summed E-state index contributed by atoms with van der Waals surface area (Å²) in [5, 5.41) is 15.6. The second kappa shape index (κ2) is 7.18. The average Bonchev–Trinajstić information content (AvgIpc) is 3.25. The molecule has 2 unspecified atom stereocenters. The zero-order valence-corrected chi connectivity index (χ0v) is 14.3. The molecule has 24 heavy (non-hydrogen) atoms. The Morgan fingerprint density at radius 2 is 1.88 bits per heavy atom. The summed E-state index contributed by atoms with van der Waals surface area (Å²) in [6, 6.07) is 6.02. The lowest BCUT2D eigenvalue weighted by Crippen LogP contribution is -2.34. The first kappa shape index (κ1) is 17.3. The van der Waals surface area contributed by atoms with E-state index in [4.69, 9.17) is 0 Å². The molecule has 0 radical (unpaired) electrons. The fourth-order valence-corrected chi connectivity index (χ4v) is 4.63. The van der Waals surface area contributed by atoms with Crippen molar-refractivity contribution in [2.75, 3.05) is 32.7 Å². The lowest BCUT2D eigenvalue weighted by atomic mass is 10.1. The predicted molar refractivity (Wildman–Crippen MR) is 89.1 cm³/mol. The van der Waals surface area contributed by atoms with E-state index in [0.717, 1.165) is 12.8 Å². The molecule has 2 atom stereocenters. The van der Waals surface area contributed by atoms with Crippen molar-refractivity contribution in [2.45, 2.75) is 23.8 Å². The van der Waals surface area contributed by atoms with E-state index < -0.39 is 16.1 Å². The Kier molecular flexibility index (Phi) is 5.19. The standard InChI is InChI=1S/C16H23N3O4S/c20-15-11-17-9-13(15)10-18-16(21)12-3-5-14(6-4-12)24(22,23)19-7-1-2-8-19/h3-6,13,15,17,20H,1-2,7-11H2,(H,18,21). The summed E-state index contributed by atoms with van der Waals surface area (Å²) in [6.45, 7) is 2.73. The van der Waals surface area contributed by atoms with Gasteiger partial charge in [0.1, 0.15) is 0 Å². The smallest absolute Gasteiger partial charge is 0.251 e. The van der Waals surface area contributed by atoms with E-state index >= 15 is 0 Å². The van der Waals surface area contributed by atoms with Crippen LogP contribution in [0.4, 0.5) is 0 Å². The third-order valence-corrected chi connectivity index (χ3v) is 6.56. The number of benzene rings is 1. The second-order valence-corrected chi connectivity index (χ2v) is 8.27. The number of hydrogen-bond donors (Lipinski definition) is 3. The molecule has 0 spiro atoms. The number of amides is 1. The molecule has 2 heterocycles. The minimum atomic E-state index is -3.45. The number of hydrogen-bond acceptors (Lipinski definition) is 5. The number of aliphatic hydroxyl groups excluding tert-OH is 1. The van der Waals surface area contributed by atoms with Crippen LogP contribution in [0.1, 0.15) is 23.2 Å². The van der Waals surface area contributed by atoms with Crippen molar-refractivity contribution in [2.24, 2.45) is 5.92 Å². The monoisotopic (exact) mass is 353 g/mol. The number of carbonyl (C=O) groups excluding carboxylic acids is 1. The van der Waals surface area contributed by atoms with Crippen molar-refractivity contribution in [3.63, 3.8) is 0 Å². The fraction of sp³-hybridized carbons (Fsp3) is 0.562. The van der Waals surface area contributed by atoms with Crippen molar-refractivity contribution < 1.29 is 18.3 Å². The Hall–Kier alpha value is -1.48. The lowest BCUT2D eigenvalue weighted by molar-refractivity contribution is 0.0927. The normalized spacial score (nSPS) is 25.0. The highest BCUT2D eigenvalue weighted by atomic mass is 32.2. The maximum Gasteiger partial charge on any atom is 0.251 e. The number of β-amino-alcohol motifs (C(OH)–C–C–N with tert-alkyl or cyclic N) is 1. The third kappa shape index (κ3) is 3.61. The van der Waals surface area contributed by atoms with Gasteiger partial charge in [-0.15, -0.1) is 0 Å². The van der Waals surface area contributed by atoms with Crippen LogP contribution in [0.5, 0.6) is 0 Å².